The van der Waals surface area contributed by atoms with Crippen LogP contribution in [0.25, 0.3) is 0 Å². The molecule has 0 aliphatic carbocycles. The molecule has 70 valence electrons. The summed E-state index contributed by atoms with van der Waals surface area (Å²) < 4.78 is 0. The Balaban J connectivity index is 0.000000127. The second-order valence-corrected chi connectivity index (χ2v) is 4.46. The highest BCUT2D eigenvalue weighted by Gasteiger charge is 2.14. The summed E-state index contributed by atoms with van der Waals surface area (Å²) in [5.41, 5.74) is 0. The van der Waals surface area contributed by atoms with E-state index in [0.717, 1.165) is 19.4 Å². The van der Waals surface area contributed by atoms with Crippen molar-refractivity contribution in [3.8, 4) is 0 Å². The predicted molar refractivity (Wildman–Crippen MR) is 53.4 cm³/mol. The Morgan fingerprint density at radius 1 is 1.25 bits per heavy atom. The molecule has 0 bridgehead atoms. The normalized spacial score (nSPS) is 22.4. The van der Waals surface area contributed by atoms with Crippen LogP contribution in [0.5, 0.6) is 0 Å². The zero-order chi connectivity index (χ0) is 8.81. The molecule has 0 aromatic heterocycles. The number of carbonyl (C=O) groups is 1. The molecule has 12 heavy (non-hydrogen) atoms. The molecule has 2 rings (SSSR count). The van der Waals surface area contributed by atoms with Gasteiger partial charge in [-0.05, 0) is 30.8 Å². The van der Waals surface area contributed by atoms with E-state index in [1.54, 1.807) is 4.90 Å². The average Bonchev–Trinajstić information content (AvgIpc) is 2.67. The Kier molecular flexibility index (Phi) is 4.51. The first kappa shape index (κ1) is 9.90. The number of thioether (sulfide) groups is 1. The minimum Gasteiger partial charge on any atom is -0.346 e. The summed E-state index contributed by atoms with van der Waals surface area (Å²) in [6, 6.07) is 0. The van der Waals surface area contributed by atoms with Gasteiger partial charge in [0, 0.05) is 20.0 Å². The van der Waals surface area contributed by atoms with E-state index in [1.165, 1.54) is 24.3 Å². The third-order valence-electron chi connectivity index (χ3n) is 2.14. The van der Waals surface area contributed by atoms with Crippen LogP contribution < -0.4 is 0 Å². The molecule has 1 amide bonds. The number of carbonyl (C=O) groups excluding carboxylic acids is 1. The van der Waals surface area contributed by atoms with Gasteiger partial charge < -0.3 is 4.90 Å². The van der Waals surface area contributed by atoms with Crippen LogP contribution >= 0.6 is 11.8 Å². The number of hydrogen-bond acceptors (Lipinski definition) is 2. The first-order valence-corrected chi connectivity index (χ1v) is 5.78. The van der Waals surface area contributed by atoms with Crippen molar-refractivity contribution in [1.82, 2.24) is 4.90 Å². The molecule has 0 atom stereocenters. The molecular weight excluding hydrogens is 170 g/mol. The summed E-state index contributed by atoms with van der Waals surface area (Å²) in [5, 5.41) is 0. The highest BCUT2D eigenvalue weighted by Crippen LogP contribution is 2.14. The summed E-state index contributed by atoms with van der Waals surface area (Å²) in [7, 11) is 1.84. The molecule has 0 aromatic carbocycles. The van der Waals surface area contributed by atoms with E-state index in [2.05, 4.69) is 11.8 Å². The molecule has 2 heterocycles. The topological polar surface area (TPSA) is 20.3 Å². The molecule has 2 nitrogen and oxygen atoms in total. The lowest BCUT2D eigenvalue weighted by atomic mass is 10.4. The zero-order valence-corrected chi connectivity index (χ0v) is 8.53. The van der Waals surface area contributed by atoms with Crippen LogP contribution in [0.15, 0.2) is 0 Å². The summed E-state index contributed by atoms with van der Waals surface area (Å²) in [5.74, 6) is 3.13. The van der Waals surface area contributed by atoms with E-state index in [1.807, 2.05) is 7.05 Å². The fourth-order valence-corrected chi connectivity index (χ4v) is 2.31. The molecule has 0 saturated carbocycles. The Labute approximate surface area is 78.7 Å². The van der Waals surface area contributed by atoms with Crippen molar-refractivity contribution < 1.29 is 4.79 Å². The van der Waals surface area contributed by atoms with Crippen LogP contribution in [0.2, 0.25) is 0 Å². The van der Waals surface area contributed by atoms with E-state index in [4.69, 9.17) is 0 Å². The van der Waals surface area contributed by atoms with E-state index in [0.29, 0.717) is 5.91 Å². The van der Waals surface area contributed by atoms with Gasteiger partial charge in [-0.3, -0.25) is 4.79 Å². The van der Waals surface area contributed by atoms with Gasteiger partial charge >= 0.3 is 0 Å². The first-order valence-electron chi connectivity index (χ1n) is 4.62. The third-order valence-corrected chi connectivity index (χ3v) is 3.29. The van der Waals surface area contributed by atoms with Crippen LogP contribution in [0.4, 0.5) is 0 Å². The molecule has 2 aliphatic heterocycles. The van der Waals surface area contributed by atoms with Gasteiger partial charge in [0.2, 0.25) is 5.91 Å². The quantitative estimate of drug-likeness (QED) is 0.576. The summed E-state index contributed by atoms with van der Waals surface area (Å²) in [6.07, 6.45) is 4.74. The first-order chi connectivity index (χ1) is 5.80. The largest absolute Gasteiger partial charge is 0.346 e. The number of hydrogen-bond donors (Lipinski definition) is 0. The molecule has 0 N–H and O–H groups in total. The Bertz CT molecular complexity index is 138. The van der Waals surface area contributed by atoms with Gasteiger partial charge in [0.25, 0.3) is 0 Å². The van der Waals surface area contributed by atoms with E-state index in [9.17, 15) is 4.79 Å². The molecule has 3 heteroatoms. The minimum absolute atomic E-state index is 0.292. The van der Waals surface area contributed by atoms with Gasteiger partial charge in [-0.1, -0.05) is 0 Å². The third kappa shape index (κ3) is 3.48. The van der Waals surface area contributed by atoms with Crippen molar-refractivity contribution in [3.63, 3.8) is 0 Å². The fraction of sp³-hybridized carbons (Fsp3) is 0.889. The molecule has 0 unspecified atom stereocenters. The molecule has 0 aromatic rings. The maximum atomic E-state index is 10.5. The molecule has 2 saturated heterocycles. The van der Waals surface area contributed by atoms with Gasteiger partial charge in [0.05, 0.1) is 0 Å². The number of likely N-dealkylation sites (tertiary alicyclic amines) is 1. The summed E-state index contributed by atoms with van der Waals surface area (Å²) in [4.78, 5) is 12.3. The molecule has 2 fully saturated rings. The van der Waals surface area contributed by atoms with Crippen molar-refractivity contribution in [2.75, 3.05) is 25.1 Å². The Hall–Kier alpha value is -0.180. The van der Waals surface area contributed by atoms with E-state index in [-0.39, 0.29) is 0 Å². The highest BCUT2D eigenvalue weighted by molar-refractivity contribution is 7.99. The zero-order valence-electron chi connectivity index (χ0n) is 7.71. The molecule has 0 radical (unpaired) electrons. The Morgan fingerprint density at radius 3 is 2.08 bits per heavy atom. The summed E-state index contributed by atoms with van der Waals surface area (Å²) >= 11 is 2.07. The van der Waals surface area contributed by atoms with Crippen LogP contribution in [-0.4, -0.2) is 35.9 Å². The summed E-state index contributed by atoms with van der Waals surface area (Å²) in [6.45, 7) is 0.957. The second-order valence-electron chi connectivity index (χ2n) is 3.24. The number of rotatable bonds is 0. The molecule has 0 spiro atoms. The van der Waals surface area contributed by atoms with Crippen LogP contribution in [0, 0.1) is 0 Å². The lowest BCUT2D eigenvalue weighted by Crippen LogP contribution is -2.17. The Morgan fingerprint density at radius 2 is 1.92 bits per heavy atom. The van der Waals surface area contributed by atoms with Gasteiger partial charge in [0.15, 0.2) is 0 Å². The van der Waals surface area contributed by atoms with Gasteiger partial charge in [-0.15, -0.1) is 0 Å². The van der Waals surface area contributed by atoms with Crippen LogP contribution in [0.3, 0.4) is 0 Å². The predicted octanol–water partition coefficient (Wildman–Crippen LogP) is 1.75. The van der Waals surface area contributed by atoms with E-state index >= 15 is 0 Å². The average molecular weight is 187 g/mol. The van der Waals surface area contributed by atoms with Crippen molar-refractivity contribution in [1.29, 1.82) is 0 Å². The molecular formula is C9H17NOS. The number of amides is 1. The SMILES string of the molecule is C1CCSC1.CN1CCCC1=O. The van der Waals surface area contributed by atoms with Crippen molar-refractivity contribution in [3.05, 3.63) is 0 Å². The standard InChI is InChI=1S/C5H9NO.C4H8S/c1-6-4-2-3-5(6)7;1-2-4-5-3-1/h2-4H2,1H3;1-4H2. The van der Waals surface area contributed by atoms with Crippen molar-refractivity contribution in [2.45, 2.75) is 25.7 Å². The lowest BCUT2D eigenvalue weighted by Gasteiger charge is -2.03. The van der Waals surface area contributed by atoms with Crippen LogP contribution in [-0.2, 0) is 4.79 Å². The highest BCUT2D eigenvalue weighted by atomic mass is 32.2. The van der Waals surface area contributed by atoms with Gasteiger partial charge in [-0.2, -0.15) is 11.8 Å². The maximum Gasteiger partial charge on any atom is 0.222 e. The monoisotopic (exact) mass is 187 g/mol. The molecule has 2 aliphatic rings. The minimum atomic E-state index is 0.292. The van der Waals surface area contributed by atoms with Gasteiger partial charge in [0.1, 0.15) is 0 Å². The lowest BCUT2D eigenvalue weighted by molar-refractivity contribution is -0.126. The maximum absolute atomic E-state index is 10.5. The number of nitrogens with zero attached hydrogens (tertiary/aromatic N) is 1. The fourth-order valence-electron chi connectivity index (χ4n) is 1.29. The van der Waals surface area contributed by atoms with Gasteiger partial charge in [-0.25, -0.2) is 0 Å². The van der Waals surface area contributed by atoms with Crippen molar-refractivity contribution in [2.24, 2.45) is 0 Å². The van der Waals surface area contributed by atoms with Crippen molar-refractivity contribution >= 4 is 17.7 Å². The van der Waals surface area contributed by atoms with Crippen LogP contribution in [0.1, 0.15) is 25.7 Å². The smallest absolute Gasteiger partial charge is 0.222 e. The van der Waals surface area contributed by atoms with E-state index < -0.39 is 0 Å². The second kappa shape index (κ2) is 5.46.